The van der Waals surface area contributed by atoms with E-state index in [4.69, 9.17) is 5.26 Å². The fourth-order valence-corrected chi connectivity index (χ4v) is 2.49. The highest BCUT2D eigenvalue weighted by molar-refractivity contribution is 9.10. The number of rotatable bonds is 4. The maximum atomic E-state index is 13.7. The van der Waals surface area contributed by atoms with Gasteiger partial charge in [0.2, 0.25) is 0 Å². The van der Waals surface area contributed by atoms with Crippen molar-refractivity contribution in [3.05, 3.63) is 63.8 Å². The maximum Gasteiger partial charge on any atom is 0.276 e. The molecule has 0 aliphatic heterocycles. The van der Waals surface area contributed by atoms with Crippen molar-refractivity contribution >= 4 is 27.7 Å². The van der Waals surface area contributed by atoms with E-state index >= 15 is 0 Å². The van der Waals surface area contributed by atoms with Crippen LogP contribution in [0.25, 0.3) is 0 Å². The Morgan fingerprint density at radius 1 is 1.46 bits per heavy atom. The van der Waals surface area contributed by atoms with Gasteiger partial charge in [0, 0.05) is 11.8 Å². The Labute approximate surface area is 144 Å². The van der Waals surface area contributed by atoms with E-state index in [9.17, 15) is 9.18 Å². The van der Waals surface area contributed by atoms with Gasteiger partial charge in [0.15, 0.2) is 5.82 Å². The Bertz CT molecular complexity index is 942. The molecule has 0 fully saturated rings. The number of aromatic nitrogens is 4. The maximum absolute atomic E-state index is 13.7. The molecule has 24 heavy (non-hydrogen) atoms. The van der Waals surface area contributed by atoms with Crippen molar-refractivity contribution in [2.75, 3.05) is 5.32 Å². The molecule has 2 heterocycles. The summed E-state index contributed by atoms with van der Waals surface area (Å²) in [7, 11) is 0. The lowest BCUT2D eigenvalue weighted by Gasteiger charge is -2.03. The van der Waals surface area contributed by atoms with Crippen molar-refractivity contribution in [2.45, 2.75) is 6.54 Å². The van der Waals surface area contributed by atoms with Gasteiger partial charge in [0.05, 0.1) is 17.2 Å². The van der Waals surface area contributed by atoms with Crippen LogP contribution in [-0.4, -0.2) is 25.9 Å². The van der Waals surface area contributed by atoms with Gasteiger partial charge in [-0.1, -0.05) is 18.2 Å². The number of anilines is 1. The fourth-order valence-electron chi connectivity index (χ4n) is 2.08. The minimum absolute atomic E-state index is 0.0491. The highest BCUT2D eigenvalue weighted by Gasteiger charge is 2.17. The number of amides is 1. The van der Waals surface area contributed by atoms with Gasteiger partial charge in [-0.2, -0.15) is 15.5 Å². The van der Waals surface area contributed by atoms with E-state index in [-0.39, 0.29) is 29.4 Å². The number of nitrogens with zero attached hydrogens (tertiary/aromatic N) is 4. The van der Waals surface area contributed by atoms with Gasteiger partial charge in [0.25, 0.3) is 5.91 Å². The molecule has 7 nitrogen and oxygen atoms in total. The van der Waals surface area contributed by atoms with Gasteiger partial charge < -0.3 is 5.32 Å². The standard InChI is InChI=1S/C15H10BrFN6O/c16-11-8-23(7-9-3-1-2-4-12(9)17)22-14(11)20-15(24)13-10(5-18)6-19-21-13/h1-4,6,8H,7H2,(H,19,21)(H,20,22,24). The number of hydrogen-bond donors (Lipinski definition) is 2. The molecule has 0 unspecified atom stereocenters. The number of aromatic amines is 1. The van der Waals surface area contributed by atoms with E-state index in [0.29, 0.717) is 10.0 Å². The third-order valence-electron chi connectivity index (χ3n) is 3.23. The van der Waals surface area contributed by atoms with E-state index in [1.807, 2.05) is 6.07 Å². The number of nitriles is 1. The van der Waals surface area contributed by atoms with Crippen molar-refractivity contribution in [1.82, 2.24) is 20.0 Å². The molecule has 3 aromatic rings. The first-order chi connectivity index (χ1) is 11.6. The van der Waals surface area contributed by atoms with Gasteiger partial charge in [0.1, 0.15) is 23.1 Å². The van der Waals surface area contributed by atoms with E-state index in [0.717, 1.165) is 0 Å². The fraction of sp³-hybridized carbons (Fsp3) is 0.0667. The minimum atomic E-state index is -0.541. The molecule has 3 rings (SSSR count). The van der Waals surface area contributed by atoms with Gasteiger partial charge in [-0.25, -0.2) is 4.39 Å². The van der Waals surface area contributed by atoms with Gasteiger partial charge in [-0.3, -0.25) is 14.6 Å². The summed E-state index contributed by atoms with van der Waals surface area (Å²) in [6.07, 6.45) is 2.89. The number of benzene rings is 1. The van der Waals surface area contributed by atoms with E-state index < -0.39 is 5.91 Å². The van der Waals surface area contributed by atoms with Crippen LogP contribution in [0, 0.1) is 17.1 Å². The molecule has 9 heteroatoms. The van der Waals surface area contributed by atoms with Gasteiger partial charge in [-0.15, -0.1) is 0 Å². The molecular weight excluding hydrogens is 379 g/mol. The molecule has 0 bridgehead atoms. The molecule has 2 aromatic heterocycles. The first-order valence-electron chi connectivity index (χ1n) is 6.79. The van der Waals surface area contributed by atoms with Crippen LogP contribution in [0.3, 0.4) is 0 Å². The van der Waals surface area contributed by atoms with E-state index in [1.165, 1.54) is 16.9 Å². The monoisotopic (exact) mass is 388 g/mol. The molecule has 0 aliphatic carbocycles. The van der Waals surface area contributed by atoms with Crippen LogP contribution in [0.4, 0.5) is 10.2 Å². The molecule has 2 N–H and O–H groups in total. The Balaban J connectivity index is 1.79. The number of carbonyl (C=O) groups excluding carboxylic acids is 1. The van der Waals surface area contributed by atoms with Crippen LogP contribution in [0.15, 0.2) is 41.1 Å². The molecule has 120 valence electrons. The minimum Gasteiger partial charge on any atom is -0.303 e. The normalized spacial score (nSPS) is 10.4. The van der Waals surface area contributed by atoms with Crippen LogP contribution in [0.1, 0.15) is 21.6 Å². The summed E-state index contributed by atoms with van der Waals surface area (Å²) in [5, 5.41) is 21.8. The number of carbonyl (C=O) groups is 1. The summed E-state index contributed by atoms with van der Waals surface area (Å²) < 4.78 is 15.7. The summed E-state index contributed by atoms with van der Waals surface area (Å²) in [4.78, 5) is 12.2. The van der Waals surface area contributed by atoms with Crippen LogP contribution >= 0.6 is 15.9 Å². The molecule has 1 amide bonds. The van der Waals surface area contributed by atoms with Crippen molar-refractivity contribution in [1.29, 1.82) is 5.26 Å². The lowest BCUT2D eigenvalue weighted by atomic mass is 10.2. The second kappa shape index (κ2) is 6.64. The molecular formula is C15H10BrFN6O. The largest absolute Gasteiger partial charge is 0.303 e. The SMILES string of the molecule is N#Cc1cn[nH]c1C(=O)Nc1nn(Cc2ccccc2F)cc1Br. The first kappa shape index (κ1) is 15.9. The van der Waals surface area contributed by atoms with E-state index in [1.54, 1.807) is 24.4 Å². The van der Waals surface area contributed by atoms with Crippen LogP contribution in [0.5, 0.6) is 0 Å². The molecule has 0 atom stereocenters. The topological polar surface area (TPSA) is 99.4 Å². The molecule has 0 radical (unpaired) electrons. The number of nitrogens with one attached hydrogen (secondary N) is 2. The summed E-state index contributed by atoms with van der Waals surface area (Å²) in [6, 6.07) is 8.25. The van der Waals surface area contributed by atoms with E-state index in [2.05, 4.69) is 36.5 Å². The third-order valence-corrected chi connectivity index (χ3v) is 3.81. The average Bonchev–Trinajstić information content (AvgIpc) is 3.16. The molecule has 1 aromatic carbocycles. The average molecular weight is 389 g/mol. The predicted molar refractivity (Wildman–Crippen MR) is 86.7 cm³/mol. The predicted octanol–water partition coefficient (Wildman–Crippen LogP) is 2.68. The molecule has 0 saturated carbocycles. The lowest BCUT2D eigenvalue weighted by Crippen LogP contribution is -2.15. The highest BCUT2D eigenvalue weighted by Crippen LogP contribution is 2.22. The van der Waals surface area contributed by atoms with Crippen LogP contribution in [-0.2, 0) is 6.54 Å². The second-order valence-corrected chi connectivity index (χ2v) is 5.69. The zero-order valence-electron chi connectivity index (χ0n) is 12.1. The van der Waals surface area contributed by atoms with Crippen molar-refractivity contribution < 1.29 is 9.18 Å². The smallest absolute Gasteiger partial charge is 0.276 e. The van der Waals surface area contributed by atoms with Crippen LogP contribution in [0.2, 0.25) is 0 Å². The quantitative estimate of drug-likeness (QED) is 0.717. The molecule has 0 aliphatic rings. The lowest BCUT2D eigenvalue weighted by molar-refractivity contribution is 0.102. The van der Waals surface area contributed by atoms with Crippen molar-refractivity contribution in [2.24, 2.45) is 0 Å². The second-order valence-electron chi connectivity index (χ2n) is 4.84. The van der Waals surface area contributed by atoms with Crippen LogP contribution < -0.4 is 5.32 Å². The molecule has 0 spiro atoms. The third kappa shape index (κ3) is 3.18. The van der Waals surface area contributed by atoms with Crippen molar-refractivity contribution in [3.8, 4) is 6.07 Å². The summed E-state index contributed by atoms with van der Waals surface area (Å²) in [6.45, 7) is 0.217. The summed E-state index contributed by atoms with van der Waals surface area (Å²) in [5.41, 5.74) is 0.660. The zero-order valence-corrected chi connectivity index (χ0v) is 13.7. The summed E-state index contributed by atoms with van der Waals surface area (Å²) in [5.74, 6) is -0.610. The number of H-pyrrole nitrogens is 1. The number of halogens is 2. The zero-order chi connectivity index (χ0) is 17.1. The Kier molecular flexibility index (Phi) is 4.39. The number of hydrogen-bond acceptors (Lipinski definition) is 4. The summed E-state index contributed by atoms with van der Waals surface area (Å²) >= 11 is 3.29. The van der Waals surface area contributed by atoms with Gasteiger partial charge >= 0.3 is 0 Å². The molecule has 0 saturated heterocycles. The first-order valence-corrected chi connectivity index (χ1v) is 7.59. The van der Waals surface area contributed by atoms with Gasteiger partial charge in [-0.05, 0) is 22.0 Å². The Morgan fingerprint density at radius 3 is 3.00 bits per heavy atom. The van der Waals surface area contributed by atoms with Crippen molar-refractivity contribution in [3.63, 3.8) is 0 Å². The highest BCUT2D eigenvalue weighted by atomic mass is 79.9. The Hall–Kier alpha value is -2.99. The Morgan fingerprint density at radius 2 is 2.25 bits per heavy atom.